The van der Waals surface area contributed by atoms with Crippen molar-refractivity contribution in [3.05, 3.63) is 158 Å². The molecule has 187 valence electrons. The van der Waals surface area contributed by atoms with Crippen molar-refractivity contribution in [2.24, 2.45) is 0 Å². The zero-order valence-electron chi connectivity index (χ0n) is 21.3. The molecule has 0 radical (unpaired) electrons. The van der Waals surface area contributed by atoms with Crippen molar-refractivity contribution in [2.45, 2.75) is 0 Å². The van der Waals surface area contributed by atoms with E-state index in [0.717, 1.165) is 56.0 Å². The van der Waals surface area contributed by atoms with Gasteiger partial charge in [0.1, 0.15) is 0 Å². The average molecular weight is 672 g/mol. The molecule has 0 aliphatic carbocycles. The van der Waals surface area contributed by atoms with Gasteiger partial charge in [-0.1, -0.05) is 0 Å². The van der Waals surface area contributed by atoms with Crippen molar-refractivity contribution in [3.8, 4) is 56.0 Å². The monoisotopic (exact) mass is 671 g/mol. The molecule has 0 unspecified atom stereocenters. The Labute approximate surface area is 239 Å². The van der Waals surface area contributed by atoms with Crippen molar-refractivity contribution in [3.63, 3.8) is 0 Å². The van der Waals surface area contributed by atoms with E-state index in [1.807, 2.05) is 24.3 Å². The van der Waals surface area contributed by atoms with Gasteiger partial charge in [-0.05, 0) is 0 Å². The molecule has 39 heavy (non-hydrogen) atoms. The summed E-state index contributed by atoms with van der Waals surface area (Å²) in [5, 5.41) is 0. The maximum absolute atomic E-state index is 6.72. The standard InChI is InChI=1S/2C18H14O.Ta/c2*19-18-16(14-8-3-1-4-9-14)12-7-13-17(18)15-10-5-2-6-11-15;/h2*1-13,19H;/q;;+2/p-2. The molecule has 0 saturated carbocycles. The van der Waals surface area contributed by atoms with Crippen molar-refractivity contribution in [1.82, 2.24) is 0 Å². The van der Waals surface area contributed by atoms with Crippen LogP contribution in [0.15, 0.2) is 158 Å². The summed E-state index contributed by atoms with van der Waals surface area (Å²) < 4.78 is 13.4. The Balaban J connectivity index is 1.40. The zero-order valence-corrected chi connectivity index (χ0v) is 24.5. The number of para-hydroxylation sites is 2. The van der Waals surface area contributed by atoms with Crippen molar-refractivity contribution < 1.29 is 27.0 Å². The van der Waals surface area contributed by atoms with Gasteiger partial charge in [0, 0.05) is 0 Å². The predicted octanol–water partition coefficient (Wildman–Crippen LogP) is 9.72. The minimum absolute atomic E-state index is 0.880. The summed E-state index contributed by atoms with van der Waals surface area (Å²) >= 11 is -1.96. The Morgan fingerprint density at radius 2 is 0.538 bits per heavy atom. The summed E-state index contributed by atoms with van der Waals surface area (Å²) in [6.45, 7) is 0. The fraction of sp³-hybridized carbons (Fsp3) is 0. The molecule has 0 saturated heterocycles. The van der Waals surface area contributed by atoms with Crippen molar-refractivity contribution >= 4 is 0 Å². The van der Waals surface area contributed by atoms with E-state index >= 15 is 0 Å². The molecule has 6 aromatic rings. The molecule has 0 aromatic heterocycles. The summed E-state index contributed by atoms with van der Waals surface area (Å²) in [5.74, 6) is 1.76. The van der Waals surface area contributed by atoms with Gasteiger partial charge in [0.2, 0.25) is 0 Å². The number of hydrogen-bond acceptors (Lipinski definition) is 2. The molecule has 0 spiro atoms. The molecule has 0 fully saturated rings. The SMILES string of the molecule is c1ccc(-c2cccc(-c3ccccc3)c2[O][Ta][O]c2c(-c3ccccc3)cccc2-c2ccccc2)cc1. The van der Waals surface area contributed by atoms with E-state index in [4.69, 9.17) is 6.49 Å². The molecule has 2 nitrogen and oxygen atoms in total. The van der Waals surface area contributed by atoms with Crippen LogP contribution >= 0.6 is 0 Å². The molecule has 0 atom stereocenters. The van der Waals surface area contributed by atoms with Gasteiger partial charge >= 0.3 is 241 Å². The molecule has 0 N–H and O–H groups in total. The minimum atomic E-state index is -1.96. The third-order valence-electron chi connectivity index (χ3n) is 6.63. The normalized spacial score (nSPS) is 10.6. The van der Waals surface area contributed by atoms with Crippen molar-refractivity contribution in [1.29, 1.82) is 0 Å². The zero-order chi connectivity index (χ0) is 26.3. The van der Waals surface area contributed by atoms with Crippen LogP contribution in [0.4, 0.5) is 0 Å². The van der Waals surface area contributed by atoms with Gasteiger partial charge in [0.05, 0.1) is 0 Å². The number of hydrogen-bond donors (Lipinski definition) is 0. The van der Waals surface area contributed by atoms with Gasteiger partial charge in [-0.15, -0.1) is 0 Å². The van der Waals surface area contributed by atoms with Gasteiger partial charge < -0.3 is 0 Å². The molecule has 0 aliphatic rings. The van der Waals surface area contributed by atoms with Crippen molar-refractivity contribution in [2.75, 3.05) is 0 Å². The molecule has 6 aromatic carbocycles. The van der Waals surface area contributed by atoms with Crippen LogP contribution < -0.4 is 6.49 Å². The van der Waals surface area contributed by atoms with E-state index in [0.29, 0.717) is 0 Å². The van der Waals surface area contributed by atoms with E-state index in [2.05, 4.69) is 133 Å². The molecule has 3 heteroatoms. The quantitative estimate of drug-likeness (QED) is 0.161. The van der Waals surface area contributed by atoms with Crippen LogP contribution in [0.1, 0.15) is 0 Å². The Hall–Kier alpha value is -4.34. The van der Waals surface area contributed by atoms with Crippen LogP contribution in [-0.2, 0) is 20.5 Å². The second kappa shape index (κ2) is 12.0. The van der Waals surface area contributed by atoms with Crippen LogP contribution in [0.3, 0.4) is 0 Å². The Kier molecular flexibility index (Phi) is 7.69. The van der Waals surface area contributed by atoms with Gasteiger partial charge in [0.25, 0.3) is 0 Å². The first kappa shape index (κ1) is 25.0. The first-order valence-electron chi connectivity index (χ1n) is 12.9. The average Bonchev–Trinajstić information content (AvgIpc) is 3.03. The molecule has 0 amide bonds. The number of rotatable bonds is 8. The predicted molar refractivity (Wildman–Crippen MR) is 156 cm³/mol. The topological polar surface area (TPSA) is 18.5 Å². The molecule has 0 heterocycles. The first-order chi connectivity index (χ1) is 19.4. The van der Waals surface area contributed by atoms with E-state index < -0.39 is 20.5 Å². The van der Waals surface area contributed by atoms with Gasteiger partial charge in [-0.2, -0.15) is 0 Å². The third-order valence-corrected chi connectivity index (χ3v) is 8.47. The van der Waals surface area contributed by atoms with E-state index in [1.165, 1.54) is 0 Å². The Bertz CT molecular complexity index is 1410. The molecule has 0 aliphatic heterocycles. The van der Waals surface area contributed by atoms with E-state index in [1.54, 1.807) is 0 Å². The summed E-state index contributed by atoms with van der Waals surface area (Å²) in [4.78, 5) is 0. The molecule has 0 bridgehead atoms. The molecular weight excluding hydrogens is 645 g/mol. The second-order valence-electron chi connectivity index (χ2n) is 9.09. The van der Waals surface area contributed by atoms with Crippen LogP contribution in [0, 0.1) is 0 Å². The summed E-state index contributed by atoms with van der Waals surface area (Å²) in [5.41, 5.74) is 8.80. The summed E-state index contributed by atoms with van der Waals surface area (Å²) in [6.07, 6.45) is 0. The van der Waals surface area contributed by atoms with Gasteiger partial charge in [0.15, 0.2) is 0 Å². The first-order valence-corrected chi connectivity index (χ1v) is 15.5. The van der Waals surface area contributed by atoms with Gasteiger partial charge in [-0.25, -0.2) is 0 Å². The Morgan fingerprint density at radius 3 is 0.795 bits per heavy atom. The van der Waals surface area contributed by atoms with Crippen LogP contribution in [0.2, 0.25) is 0 Å². The van der Waals surface area contributed by atoms with E-state index in [9.17, 15) is 0 Å². The van der Waals surface area contributed by atoms with Crippen LogP contribution in [-0.4, -0.2) is 0 Å². The maximum atomic E-state index is 6.72. The summed E-state index contributed by atoms with van der Waals surface area (Å²) in [7, 11) is 0. The van der Waals surface area contributed by atoms with Crippen LogP contribution in [0.5, 0.6) is 11.5 Å². The molecule has 6 rings (SSSR count). The fourth-order valence-corrected chi connectivity index (χ4v) is 6.83. The van der Waals surface area contributed by atoms with Gasteiger partial charge in [-0.3, -0.25) is 0 Å². The Morgan fingerprint density at radius 1 is 0.282 bits per heavy atom. The number of benzene rings is 6. The molecular formula is C36H26O2Ta. The van der Waals surface area contributed by atoms with Crippen LogP contribution in [0.25, 0.3) is 44.5 Å². The second-order valence-corrected chi connectivity index (χ2v) is 10.9. The summed E-state index contributed by atoms with van der Waals surface area (Å²) in [6, 6.07) is 54.4. The van der Waals surface area contributed by atoms with E-state index in [-0.39, 0.29) is 0 Å². The third kappa shape index (κ3) is 5.59. The fourth-order valence-electron chi connectivity index (χ4n) is 4.74.